The van der Waals surface area contributed by atoms with Crippen LogP contribution in [0, 0.1) is 17.8 Å². The van der Waals surface area contributed by atoms with E-state index in [1.165, 1.54) is 0 Å². The van der Waals surface area contributed by atoms with E-state index in [0.717, 1.165) is 25.2 Å². The van der Waals surface area contributed by atoms with E-state index in [2.05, 4.69) is 0 Å². The molecule has 0 saturated heterocycles. The first-order valence-electron chi connectivity index (χ1n) is 5.05. The highest BCUT2D eigenvalue weighted by atomic mass is 16.4. The minimum absolute atomic E-state index is 0.0139. The fraction of sp³-hybridized carbons (Fsp3) is 0.900. The molecular formula is C10H16O3. The summed E-state index contributed by atoms with van der Waals surface area (Å²) in [5.74, 6) is 0.205. The molecule has 0 aromatic heterocycles. The highest BCUT2D eigenvalue weighted by Crippen LogP contribution is 2.58. The normalized spacial score (nSPS) is 40.9. The van der Waals surface area contributed by atoms with E-state index >= 15 is 0 Å². The number of fused-ring (bicyclic) bond motifs is 1. The molecule has 3 nitrogen and oxygen atoms in total. The molecule has 2 aliphatic rings. The number of aliphatic carboxylic acids is 1. The maximum Gasteiger partial charge on any atom is 0.335 e. The lowest BCUT2D eigenvalue weighted by atomic mass is 9.81. The summed E-state index contributed by atoms with van der Waals surface area (Å²) in [4.78, 5) is 11.0. The molecule has 3 heteroatoms. The molecule has 2 saturated carbocycles. The minimum Gasteiger partial charge on any atom is -0.479 e. The van der Waals surface area contributed by atoms with Crippen molar-refractivity contribution in [2.24, 2.45) is 17.8 Å². The predicted molar refractivity (Wildman–Crippen MR) is 47.2 cm³/mol. The van der Waals surface area contributed by atoms with Crippen molar-refractivity contribution < 1.29 is 15.0 Å². The zero-order valence-electron chi connectivity index (χ0n) is 7.86. The molecule has 0 aromatic carbocycles. The zero-order valence-corrected chi connectivity index (χ0v) is 7.86. The molecule has 2 aliphatic carbocycles. The van der Waals surface area contributed by atoms with E-state index < -0.39 is 11.6 Å². The van der Waals surface area contributed by atoms with Crippen LogP contribution < -0.4 is 0 Å². The summed E-state index contributed by atoms with van der Waals surface area (Å²) in [5, 5.41) is 19.0. The summed E-state index contributed by atoms with van der Waals surface area (Å²) in [5.41, 5.74) is -1.45. The highest BCUT2D eigenvalue weighted by molar-refractivity contribution is 5.77. The number of rotatable bonds is 3. The maximum absolute atomic E-state index is 11.0. The molecule has 0 aliphatic heterocycles. The fourth-order valence-electron chi connectivity index (χ4n) is 2.87. The standard InChI is InChI=1S/C10H16O3/c1-2-10(13,9(11)12)8-4-3-6-5-7(6)8/h6-8,13H,2-5H2,1H3,(H,11,12). The van der Waals surface area contributed by atoms with Gasteiger partial charge in [0.05, 0.1) is 0 Å². The Labute approximate surface area is 77.8 Å². The van der Waals surface area contributed by atoms with Crippen molar-refractivity contribution >= 4 is 5.97 Å². The van der Waals surface area contributed by atoms with Crippen molar-refractivity contribution in [3.05, 3.63) is 0 Å². The zero-order chi connectivity index (χ0) is 9.64. The first kappa shape index (κ1) is 9.00. The van der Waals surface area contributed by atoms with Gasteiger partial charge < -0.3 is 10.2 Å². The van der Waals surface area contributed by atoms with E-state index in [-0.39, 0.29) is 5.92 Å². The van der Waals surface area contributed by atoms with Crippen LogP contribution in [0.1, 0.15) is 32.6 Å². The first-order chi connectivity index (χ1) is 6.09. The number of aliphatic hydroxyl groups is 1. The summed E-state index contributed by atoms with van der Waals surface area (Å²) < 4.78 is 0. The quantitative estimate of drug-likeness (QED) is 0.694. The van der Waals surface area contributed by atoms with Crippen LogP contribution in [0.25, 0.3) is 0 Å². The molecule has 74 valence electrons. The van der Waals surface area contributed by atoms with Gasteiger partial charge in [0.2, 0.25) is 0 Å². The Morgan fingerprint density at radius 3 is 2.54 bits per heavy atom. The van der Waals surface area contributed by atoms with Crippen molar-refractivity contribution in [1.82, 2.24) is 0 Å². The van der Waals surface area contributed by atoms with Gasteiger partial charge in [0.25, 0.3) is 0 Å². The van der Waals surface area contributed by atoms with Crippen LogP contribution in [0.5, 0.6) is 0 Å². The monoisotopic (exact) mass is 184 g/mol. The molecule has 4 atom stereocenters. The summed E-state index contributed by atoms with van der Waals surface area (Å²) >= 11 is 0. The van der Waals surface area contributed by atoms with Crippen LogP contribution in [-0.2, 0) is 4.79 Å². The van der Waals surface area contributed by atoms with Crippen LogP contribution in [-0.4, -0.2) is 21.8 Å². The Kier molecular flexibility index (Phi) is 1.88. The lowest BCUT2D eigenvalue weighted by molar-refractivity contribution is -0.166. The predicted octanol–water partition coefficient (Wildman–Crippen LogP) is 1.26. The second kappa shape index (κ2) is 2.71. The van der Waals surface area contributed by atoms with E-state index in [4.69, 9.17) is 5.11 Å². The summed E-state index contributed by atoms with van der Waals surface area (Å²) in [6.45, 7) is 1.75. The Hall–Kier alpha value is -0.570. The van der Waals surface area contributed by atoms with E-state index in [0.29, 0.717) is 12.3 Å². The van der Waals surface area contributed by atoms with Gasteiger partial charge in [-0.05, 0) is 37.5 Å². The first-order valence-corrected chi connectivity index (χ1v) is 5.05. The molecule has 0 bridgehead atoms. The Balaban J connectivity index is 2.15. The number of hydrogen-bond acceptors (Lipinski definition) is 2. The number of carboxylic acids is 1. The Morgan fingerprint density at radius 1 is 1.54 bits per heavy atom. The molecule has 0 aromatic rings. The van der Waals surface area contributed by atoms with Gasteiger partial charge in [-0.3, -0.25) is 0 Å². The van der Waals surface area contributed by atoms with Crippen molar-refractivity contribution in [1.29, 1.82) is 0 Å². The molecule has 4 unspecified atom stereocenters. The summed E-state index contributed by atoms with van der Waals surface area (Å²) in [6.07, 6.45) is 3.48. The van der Waals surface area contributed by atoms with Crippen LogP contribution in [0.4, 0.5) is 0 Å². The second-order valence-electron chi connectivity index (χ2n) is 4.43. The van der Waals surface area contributed by atoms with E-state index in [9.17, 15) is 9.90 Å². The van der Waals surface area contributed by atoms with Gasteiger partial charge in [0.1, 0.15) is 0 Å². The van der Waals surface area contributed by atoms with Crippen LogP contribution in [0.2, 0.25) is 0 Å². The van der Waals surface area contributed by atoms with E-state index in [1.807, 2.05) is 0 Å². The Bertz CT molecular complexity index is 238. The molecule has 0 radical (unpaired) electrons. The molecule has 0 spiro atoms. The van der Waals surface area contributed by atoms with Crippen LogP contribution in [0.3, 0.4) is 0 Å². The Morgan fingerprint density at radius 2 is 2.23 bits per heavy atom. The lowest BCUT2D eigenvalue weighted by Crippen LogP contribution is -2.45. The van der Waals surface area contributed by atoms with Gasteiger partial charge in [0.15, 0.2) is 5.60 Å². The SMILES string of the molecule is CCC(O)(C(=O)O)C1CCC2CC21. The largest absolute Gasteiger partial charge is 0.479 e. The van der Waals surface area contributed by atoms with Gasteiger partial charge in [-0.15, -0.1) is 0 Å². The number of carbonyl (C=O) groups is 1. The second-order valence-corrected chi connectivity index (χ2v) is 4.43. The lowest BCUT2D eigenvalue weighted by Gasteiger charge is -2.29. The molecule has 0 amide bonds. The average Bonchev–Trinajstić information content (AvgIpc) is 2.76. The number of hydrogen-bond donors (Lipinski definition) is 2. The van der Waals surface area contributed by atoms with E-state index in [1.54, 1.807) is 6.92 Å². The average molecular weight is 184 g/mol. The third-order valence-corrected chi connectivity index (χ3v) is 3.87. The van der Waals surface area contributed by atoms with Gasteiger partial charge in [-0.1, -0.05) is 6.92 Å². The molecule has 2 N–H and O–H groups in total. The topological polar surface area (TPSA) is 57.5 Å². The van der Waals surface area contributed by atoms with Crippen LogP contribution >= 0.6 is 0 Å². The van der Waals surface area contributed by atoms with Crippen molar-refractivity contribution in [2.75, 3.05) is 0 Å². The maximum atomic E-state index is 11.0. The van der Waals surface area contributed by atoms with Gasteiger partial charge in [-0.2, -0.15) is 0 Å². The smallest absolute Gasteiger partial charge is 0.335 e. The summed E-state index contributed by atoms with van der Waals surface area (Å²) in [6, 6.07) is 0. The minimum atomic E-state index is -1.45. The molecule has 13 heavy (non-hydrogen) atoms. The van der Waals surface area contributed by atoms with Gasteiger partial charge in [-0.25, -0.2) is 4.79 Å². The molecule has 0 heterocycles. The highest BCUT2D eigenvalue weighted by Gasteiger charge is 2.57. The van der Waals surface area contributed by atoms with Gasteiger partial charge in [0, 0.05) is 5.92 Å². The van der Waals surface area contributed by atoms with Gasteiger partial charge >= 0.3 is 5.97 Å². The molecular weight excluding hydrogens is 168 g/mol. The molecule has 2 fully saturated rings. The van der Waals surface area contributed by atoms with Crippen molar-refractivity contribution in [3.63, 3.8) is 0 Å². The van der Waals surface area contributed by atoms with Crippen molar-refractivity contribution in [2.45, 2.75) is 38.2 Å². The fourth-order valence-corrected chi connectivity index (χ4v) is 2.87. The van der Waals surface area contributed by atoms with Crippen molar-refractivity contribution in [3.8, 4) is 0 Å². The third-order valence-electron chi connectivity index (χ3n) is 3.87. The number of carboxylic acid groups (broad SMARTS) is 1. The summed E-state index contributed by atoms with van der Waals surface area (Å²) in [7, 11) is 0. The molecule has 2 rings (SSSR count). The third kappa shape index (κ3) is 1.17. The van der Waals surface area contributed by atoms with Crippen LogP contribution in [0.15, 0.2) is 0 Å².